The standard InChI is InChI=1S/C23H27BrN2O2S/c1-15-2-4-18(5-3-15)25-21-26-19(13-29-21)12-28-20(27)11-22-7-16-6-17(8-22)10-23(24,9-16)14-22/h2-5,13,16-17H,6-12,14H2,1H3,(H,25,26)/t16-,17+,22?,23?. The number of carbonyl (C=O) groups is 1. The van der Waals surface area contributed by atoms with Gasteiger partial charge in [0.15, 0.2) is 5.13 Å². The predicted octanol–water partition coefficient (Wildman–Crippen LogP) is 6.36. The van der Waals surface area contributed by atoms with E-state index in [1.54, 1.807) is 0 Å². The minimum atomic E-state index is -0.0657. The third-order valence-electron chi connectivity index (χ3n) is 6.87. The van der Waals surface area contributed by atoms with Gasteiger partial charge in [0.25, 0.3) is 0 Å². The zero-order valence-electron chi connectivity index (χ0n) is 16.7. The summed E-state index contributed by atoms with van der Waals surface area (Å²) in [6.07, 6.45) is 8.03. The van der Waals surface area contributed by atoms with Crippen LogP contribution in [0, 0.1) is 24.2 Å². The Bertz CT molecular complexity index is 896. The van der Waals surface area contributed by atoms with Crippen molar-refractivity contribution < 1.29 is 9.53 Å². The molecule has 4 aliphatic carbocycles. The number of nitrogens with zero attached hydrogens (tertiary/aromatic N) is 1. The molecule has 4 nitrogen and oxygen atoms in total. The number of aryl methyl sites for hydroxylation is 1. The first-order valence-electron chi connectivity index (χ1n) is 10.5. The van der Waals surface area contributed by atoms with Crippen LogP contribution in [-0.2, 0) is 16.1 Å². The van der Waals surface area contributed by atoms with Crippen molar-refractivity contribution in [2.24, 2.45) is 17.3 Å². The second kappa shape index (κ2) is 7.38. The number of aromatic nitrogens is 1. The SMILES string of the molecule is Cc1ccc(Nc2nc(COC(=O)CC34C[C@@H]5C[C@@H](CC(Br)(C5)C3)C4)cs2)cc1. The van der Waals surface area contributed by atoms with Gasteiger partial charge in [0.1, 0.15) is 6.61 Å². The maximum atomic E-state index is 12.7. The van der Waals surface area contributed by atoms with Gasteiger partial charge in [0, 0.05) is 15.4 Å². The molecule has 6 heteroatoms. The first kappa shape index (κ1) is 19.6. The topological polar surface area (TPSA) is 51.2 Å². The van der Waals surface area contributed by atoms with Crippen molar-refractivity contribution in [1.29, 1.82) is 0 Å². The third-order valence-corrected chi connectivity index (χ3v) is 8.60. The molecule has 0 aliphatic heterocycles. The number of rotatable bonds is 6. The third kappa shape index (κ3) is 4.24. The lowest BCUT2D eigenvalue weighted by Crippen LogP contribution is -2.53. The second-order valence-corrected chi connectivity index (χ2v) is 12.1. The van der Waals surface area contributed by atoms with E-state index < -0.39 is 0 Å². The normalized spacial score (nSPS) is 32.3. The Morgan fingerprint density at radius 3 is 2.66 bits per heavy atom. The number of benzene rings is 1. The van der Waals surface area contributed by atoms with Crippen molar-refractivity contribution in [1.82, 2.24) is 4.98 Å². The molecule has 0 spiro atoms. The van der Waals surface area contributed by atoms with Crippen molar-refractivity contribution in [3.05, 3.63) is 40.9 Å². The van der Waals surface area contributed by atoms with Crippen molar-refractivity contribution in [2.45, 2.75) is 62.8 Å². The highest BCUT2D eigenvalue weighted by Gasteiger charge is 2.57. The molecule has 4 saturated carbocycles. The van der Waals surface area contributed by atoms with E-state index in [1.807, 2.05) is 17.5 Å². The van der Waals surface area contributed by atoms with Crippen LogP contribution in [0.4, 0.5) is 10.8 Å². The van der Waals surface area contributed by atoms with E-state index >= 15 is 0 Å². The molecule has 6 rings (SSSR count). The van der Waals surface area contributed by atoms with Crippen LogP contribution in [0.2, 0.25) is 0 Å². The summed E-state index contributed by atoms with van der Waals surface area (Å²) in [4.78, 5) is 17.2. The summed E-state index contributed by atoms with van der Waals surface area (Å²) in [5, 5.41) is 6.09. The number of esters is 1. The summed E-state index contributed by atoms with van der Waals surface area (Å²) >= 11 is 5.56. The lowest BCUT2D eigenvalue weighted by atomic mass is 9.49. The quantitative estimate of drug-likeness (QED) is 0.390. The first-order valence-corrected chi connectivity index (χ1v) is 12.2. The first-order chi connectivity index (χ1) is 13.9. The summed E-state index contributed by atoms with van der Waals surface area (Å²) in [7, 11) is 0. The van der Waals surface area contributed by atoms with E-state index in [2.05, 4.69) is 45.3 Å². The molecule has 154 valence electrons. The monoisotopic (exact) mass is 474 g/mol. The van der Waals surface area contributed by atoms with E-state index in [0.29, 0.717) is 6.42 Å². The van der Waals surface area contributed by atoms with Gasteiger partial charge in [-0.3, -0.25) is 4.79 Å². The fourth-order valence-electron chi connectivity index (χ4n) is 6.25. The molecule has 1 heterocycles. The second-order valence-electron chi connectivity index (χ2n) is 9.58. The number of hydrogen-bond acceptors (Lipinski definition) is 5. The lowest BCUT2D eigenvalue weighted by Gasteiger charge is -2.60. The fraction of sp³-hybridized carbons (Fsp3) is 0.565. The molecular formula is C23H27BrN2O2S. The van der Waals surface area contributed by atoms with Gasteiger partial charge in [-0.1, -0.05) is 33.6 Å². The zero-order chi connectivity index (χ0) is 20.1. The molecule has 0 amide bonds. The molecule has 2 unspecified atom stereocenters. The minimum Gasteiger partial charge on any atom is -0.459 e. The highest BCUT2D eigenvalue weighted by molar-refractivity contribution is 9.10. The Balaban J connectivity index is 1.16. The molecule has 4 fully saturated rings. The van der Waals surface area contributed by atoms with Gasteiger partial charge in [0.05, 0.1) is 12.1 Å². The Morgan fingerprint density at radius 2 is 1.97 bits per heavy atom. The van der Waals surface area contributed by atoms with E-state index in [-0.39, 0.29) is 22.3 Å². The number of alkyl halides is 1. The maximum Gasteiger partial charge on any atom is 0.306 e. The molecule has 4 aliphatic rings. The average molecular weight is 475 g/mol. The molecule has 1 aromatic heterocycles. The summed E-state index contributed by atoms with van der Waals surface area (Å²) in [5.41, 5.74) is 3.21. The Morgan fingerprint density at radius 1 is 1.24 bits per heavy atom. The van der Waals surface area contributed by atoms with Gasteiger partial charge in [-0.15, -0.1) is 11.3 Å². The summed E-state index contributed by atoms with van der Waals surface area (Å²) < 4.78 is 5.92. The van der Waals surface area contributed by atoms with Crippen molar-refractivity contribution >= 4 is 44.1 Å². The van der Waals surface area contributed by atoms with Crippen LogP contribution in [0.5, 0.6) is 0 Å². The summed E-state index contributed by atoms with van der Waals surface area (Å²) in [6.45, 7) is 2.33. The molecule has 1 aromatic carbocycles. The van der Waals surface area contributed by atoms with Crippen LogP contribution in [0.1, 0.15) is 56.2 Å². The predicted molar refractivity (Wildman–Crippen MR) is 120 cm³/mol. The van der Waals surface area contributed by atoms with Crippen molar-refractivity contribution in [3.8, 4) is 0 Å². The molecule has 4 bridgehead atoms. The van der Waals surface area contributed by atoms with E-state index in [4.69, 9.17) is 4.74 Å². The van der Waals surface area contributed by atoms with Crippen LogP contribution in [0.3, 0.4) is 0 Å². The molecule has 0 radical (unpaired) electrons. The largest absolute Gasteiger partial charge is 0.459 e. The minimum absolute atomic E-state index is 0.0657. The Kier molecular flexibility index (Phi) is 4.98. The van der Waals surface area contributed by atoms with Crippen LogP contribution in [0.15, 0.2) is 29.6 Å². The molecular weight excluding hydrogens is 448 g/mol. The van der Waals surface area contributed by atoms with Crippen LogP contribution < -0.4 is 5.32 Å². The average Bonchev–Trinajstić information content (AvgIpc) is 3.07. The smallest absolute Gasteiger partial charge is 0.306 e. The number of hydrogen-bond donors (Lipinski definition) is 1. The van der Waals surface area contributed by atoms with Gasteiger partial charge < -0.3 is 10.1 Å². The van der Waals surface area contributed by atoms with E-state index in [1.165, 1.54) is 49.0 Å². The van der Waals surface area contributed by atoms with Crippen LogP contribution in [0.25, 0.3) is 0 Å². The number of halogens is 1. The van der Waals surface area contributed by atoms with E-state index in [0.717, 1.165) is 34.8 Å². The summed E-state index contributed by atoms with van der Waals surface area (Å²) in [6, 6.07) is 8.22. The van der Waals surface area contributed by atoms with Gasteiger partial charge in [0.2, 0.25) is 0 Å². The van der Waals surface area contributed by atoms with Crippen LogP contribution in [-0.4, -0.2) is 15.3 Å². The van der Waals surface area contributed by atoms with E-state index in [9.17, 15) is 4.79 Å². The molecule has 1 N–H and O–H groups in total. The summed E-state index contributed by atoms with van der Waals surface area (Å²) in [5.74, 6) is 1.51. The highest BCUT2D eigenvalue weighted by Crippen LogP contribution is 2.65. The number of carbonyl (C=O) groups excluding carboxylic acids is 1. The lowest BCUT2D eigenvalue weighted by molar-refractivity contribution is -0.152. The molecule has 2 aromatic rings. The van der Waals surface area contributed by atoms with Gasteiger partial charge >= 0.3 is 5.97 Å². The Hall–Kier alpha value is -1.40. The van der Waals surface area contributed by atoms with Gasteiger partial charge in [-0.25, -0.2) is 4.98 Å². The molecule has 4 atom stereocenters. The number of thiazole rings is 1. The van der Waals surface area contributed by atoms with Crippen molar-refractivity contribution in [2.75, 3.05) is 5.32 Å². The Labute approximate surface area is 184 Å². The highest BCUT2D eigenvalue weighted by atomic mass is 79.9. The van der Waals surface area contributed by atoms with Gasteiger partial charge in [-0.05, 0) is 74.8 Å². The maximum absolute atomic E-state index is 12.7. The number of anilines is 2. The number of nitrogens with one attached hydrogen (secondary N) is 1. The fourth-order valence-corrected chi connectivity index (χ4v) is 8.47. The van der Waals surface area contributed by atoms with Gasteiger partial charge in [-0.2, -0.15) is 0 Å². The molecule has 29 heavy (non-hydrogen) atoms. The van der Waals surface area contributed by atoms with Crippen LogP contribution >= 0.6 is 27.3 Å². The van der Waals surface area contributed by atoms with Crippen molar-refractivity contribution in [3.63, 3.8) is 0 Å². The number of ether oxygens (including phenoxy) is 1. The molecule has 0 saturated heterocycles. The zero-order valence-corrected chi connectivity index (χ0v) is 19.2.